The van der Waals surface area contributed by atoms with Gasteiger partial charge < -0.3 is 11.1 Å². The number of carbonyl (C=O) groups is 1. The van der Waals surface area contributed by atoms with Crippen molar-refractivity contribution in [3.8, 4) is 0 Å². The summed E-state index contributed by atoms with van der Waals surface area (Å²) >= 11 is 5.04. The van der Waals surface area contributed by atoms with Crippen molar-refractivity contribution in [3.05, 3.63) is 0 Å². The van der Waals surface area contributed by atoms with Crippen molar-refractivity contribution in [1.82, 2.24) is 5.32 Å². The number of hydrogen-bond acceptors (Lipinski definition) is 2. The van der Waals surface area contributed by atoms with Gasteiger partial charge in [-0.1, -0.05) is 52.8 Å². The Morgan fingerprint density at radius 2 is 1.89 bits per heavy atom. The second-order valence-corrected chi connectivity index (χ2v) is 7.46. The topological polar surface area (TPSA) is 55.1 Å². The molecule has 4 heteroatoms. The Bertz CT molecular complexity index is 344. The molecule has 1 amide bonds. The van der Waals surface area contributed by atoms with Crippen LogP contribution in [0.4, 0.5) is 0 Å². The van der Waals surface area contributed by atoms with Crippen molar-refractivity contribution in [2.24, 2.45) is 22.5 Å². The summed E-state index contributed by atoms with van der Waals surface area (Å²) in [6.07, 6.45) is 5.35. The van der Waals surface area contributed by atoms with Crippen LogP contribution < -0.4 is 11.1 Å². The van der Waals surface area contributed by atoms with E-state index in [4.69, 9.17) is 18.0 Å². The minimum Gasteiger partial charge on any atom is -0.393 e. The first-order chi connectivity index (χ1) is 8.69. The zero-order valence-corrected chi connectivity index (χ0v) is 13.5. The third-order valence-electron chi connectivity index (χ3n) is 4.20. The van der Waals surface area contributed by atoms with Crippen LogP contribution in [0.2, 0.25) is 0 Å². The van der Waals surface area contributed by atoms with Gasteiger partial charge >= 0.3 is 0 Å². The molecule has 0 aliphatic heterocycles. The number of nitrogens with two attached hydrogens (primary N) is 1. The molecule has 110 valence electrons. The lowest BCUT2D eigenvalue weighted by atomic mass is 9.77. The third-order valence-corrected chi connectivity index (χ3v) is 4.75. The standard InChI is InChI=1S/C15H28N2OS/c1-11(2)9-15(7-5-6-8-15)13(18)17-10-14(3,4)12(16)19/h11H,5-10H2,1-4H3,(H2,16,19)(H,17,18). The third kappa shape index (κ3) is 4.16. The molecule has 0 saturated heterocycles. The average Bonchev–Trinajstić information content (AvgIpc) is 2.74. The summed E-state index contributed by atoms with van der Waals surface area (Å²) in [5.41, 5.74) is 5.23. The van der Waals surface area contributed by atoms with E-state index in [9.17, 15) is 4.79 Å². The van der Waals surface area contributed by atoms with Crippen molar-refractivity contribution in [2.45, 2.75) is 59.8 Å². The fraction of sp³-hybridized carbons (Fsp3) is 0.867. The van der Waals surface area contributed by atoms with E-state index in [0.717, 1.165) is 19.3 Å². The van der Waals surface area contributed by atoms with Crippen molar-refractivity contribution < 1.29 is 4.79 Å². The second-order valence-electron chi connectivity index (χ2n) is 7.02. The first-order valence-corrected chi connectivity index (χ1v) is 7.69. The lowest BCUT2D eigenvalue weighted by Crippen LogP contribution is -2.46. The lowest BCUT2D eigenvalue weighted by Gasteiger charge is -2.32. The molecule has 19 heavy (non-hydrogen) atoms. The van der Waals surface area contributed by atoms with Crippen molar-refractivity contribution in [3.63, 3.8) is 0 Å². The smallest absolute Gasteiger partial charge is 0.226 e. The molecule has 0 aromatic heterocycles. The molecule has 0 heterocycles. The Labute approximate surface area is 122 Å². The van der Waals surface area contributed by atoms with Gasteiger partial charge in [-0.25, -0.2) is 0 Å². The van der Waals surface area contributed by atoms with Gasteiger partial charge in [-0.3, -0.25) is 4.79 Å². The number of carbonyl (C=O) groups excluding carboxylic acids is 1. The van der Waals surface area contributed by atoms with Gasteiger partial charge in [0.1, 0.15) is 0 Å². The van der Waals surface area contributed by atoms with Crippen LogP contribution in [0.15, 0.2) is 0 Å². The van der Waals surface area contributed by atoms with Crippen LogP contribution in [0.1, 0.15) is 59.8 Å². The highest BCUT2D eigenvalue weighted by atomic mass is 32.1. The van der Waals surface area contributed by atoms with Crippen LogP contribution >= 0.6 is 12.2 Å². The fourth-order valence-corrected chi connectivity index (χ4v) is 3.01. The number of thiocarbonyl (C=S) groups is 1. The highest BCUT2D eigenvalue weighted by molar-refractivity contribution is 7.80. The Kier molecular flexibility index (Phi) is 5.36. The van der Waals surface area contributed by atoms with Gasteiger partial charge in [0.05, 0.1) is 4.99 Å². The zero-order chi connectivity index (χ0) is 14.7. The van der Waals surface area contributed by atoms with Crippen molar-refractivity contribution in [2.75, 3.05) is 6.54 Å². The van der Waals surface area contributed by atoms with E-state index in [1.807, 2.05) is 13.8 Å². The molecule has 0 atom stereocenters. The van der Waals surface area contributed by atoms with Crippen molar-refractivity contribution >= 4 is 23.1 Å². The Morgan fingerprint density at radius 1 is 1.37 bits per heavy atom. The SMILES string of the molecule is CC(C)CC1(C(=O)NCC(C)(C)C(N)=S)CCCC1. The van der Waals surface area contributed by atoms with Crippen LogP contribution in [-0.2, 0) is 4.79 Å². The van der Waals surface area contributed by atoms with E-state index in [-0.39, 0.29) is 16.7 Å². The molecular formula is C15H28N2OS. The second kappa shape index (κ2) is 6.21. The van der Waals surface area contributed by atoms with Gasteiger partial charge in [0.2, 0.25) is 5.91 Å². The molecule has 1 saturated carbocycles. The van der Waals surface area contributed by atoms with Crippen LogP contribution in [0, 0.1) is 16.7 Å². The van der Waals surface area contributed by atoms with Gasteiger partial charge in [0, 0.05) is 17.4 Å². The van der Waals surface area contributed by atoms with E-state index in [1.54, 1.807) is 0 Å². The molecule has 0 radical (unpaired) electrons. The highest BCUT2D eigenvalue weighted by Gasteiger charge is 2.41. The number of nitrogens with one attached hydrogen (secondary N) is 1. The maximum Gasteiger partial charge on any atom is 0.226 e. The van der Waals surface area contributed by atoms with Crippen molar-refractivity contribution in [1.29, 1.82) is 0 Å². The zero-order valence-electron chi connectivity index (χ0n) is 12.7. The molecule has 1 fully saturated rings. The Hall–Kier alpha value is -0.640. The summed E-state index contributed by atoms with van der Waals surface area (Å²) in [5, 5.41) is 3.09. The van der Waals surface area contributed by atoms with Gasteiger partial charge in [-0.2, -0.15) is 0 Å². The Balaban J connectivity index is 2.66. The van der Waals surface area contributed by atoms with Crippen LogP contribution in [-0.4, -0.2) is 17.4 Å². The minimum atomic E-state index is -0.317. The number of rotatable bonds is 6. The van der Waals surface area contributed by atoms with E-state index in [0.29, 0.717) is 17.5 Å². The normalized spacial score (nSPS) is 18.6. The lowest BCUT2D eigenvalue weighted by molar-refractivity contribution is -0.132. The molecule has 1 rings (SSSR count). The predicted molar refractivity (Wildman–Crippen MR) is 83.9 cm³/mol. The maximum atomic E-state index is 12.6. The minimum absolute atomic E-state index is 0.152. The largest absolute Gasteiger partial charge is 0.393 e. The van der Waals surface area contributed by atoms with Crippen LogP contribution in [0.5, 0.6) is 0 Å². The van der Waals surface area contributed by atoms with E-state index in [1.165, 1.54) is 12.8 Å². The van der Waals surface area contributed by atoms with Gasteiger partial charge in [0.25, 0.3) is 0 Å². The quantitative estimate of drug-likeness (QED) is 0.737. The van der Waals surface area contributed by atoms with Gasteiger partial charge in [-0.15, -0.1) is 0 Å². The summed E-state index contributed by atoms with van der Waals surface area (Å²) in [5.74, 6) is 0.746. The monoisotopic (exact) mass is 284 g/mol. The Morgan fingerprint density at radius 3 is 2.32 bits per heavy atom. The summed E-state index contributed by atoms with van der Waals surface area (Å²) in [6, 6.07) is 0. The van der Waals surface area contributed by atoms with Gasteiger partial charge in [0.15, 0.2) is 0 Å². The molecule has 3 nitrogen and oxygen atoms in total. The average molecular weight is 284 g/mol. The summed E-state index contributed by atoms with van der Waals surface area (Å²) in [7, 11) is 0. The number of amides is 1. The van der Waals surface area contributed by atoms with E-state index >= 15 is 0 Å². The molecule has 0 spiro atoms. The molecule has 0 aromatic carbocycles. The summed E-state index contributed by atoms with van der Waals surface area (Å²) < 4.78 is 0. The summed E-state index contributed by atoms with van der Waals surface area (Å²) in [6.45, 7) is 8.85. The molecule has 1 aliphatic rings. The molecule has 3 N–H and O–H groups in total. The van der Waals surface area contributed by atoms with E-state index < -0.39 is 0 Å². The molecule has 1 aliphatic carbocycles. The first-order valence-electron chi connectivity index (χ1n) is 7.28. The maximum absolute atomic E-state index is 12.6. The highest BCUT2D eigenvalue weighted by Crippen LogP contribution is 2.43. The van der Waals surface area contributed by atoms with Gasteiger partial charge in [-0.05, 0) is 25.2 Å². The predicted octanol–water partition coefficient (Wildman–Crippen LogP) is 3.02. The molecular weight excluding hydrogens is 256 g/mol. The molecule has 0 unspecified atom stereocenters. The number of hydrogen-bond donors (Lipinski definition) is 2. The van der Waals surface area contributed by atoms with Crippen LogP contribution in [0.25, 0.3) is 0 Å². The molecule has 0 aromatic rings. The molecule has 0 bridgehead atoms. The first kappa shape index (κ1) is 16.4. The summed E-state index contributed by atoms with van der Waals surface area (Å²) in [4.78, 5) is 13.0. The fourth-order valence-electron chi connectivity index (χ4n) is 2.93. The van der Waals surface area contributed by atoms with Crippen LogP contribution in [0.3, 0.4) is 0 Å². The van der Waals surface area contributed by atoms with E-state index in [2.05, 4.69) is 19.2 Å².